The van der Waals surface area contributed by atoms with Gasteiger partial charge in [-0.25, -0.2) is 9.97 Å². The van der Waals surface area contributed by atoms with Crippen molar-refractivity contribution in [2.75, 3.05) is 13.2 Å². The summed E-state index contributed by atoms with van der Waals surface area (Å²) in [7, 11) is 0. The molecule has 1 aliphatic rings. The number of nitrogens with one attached hydrogen (secondary N) is 1. The Bertz CT molecular complexity index is 560. The minimum absolute atomic E-state index is 0.454. The van der Waals surface area contributed by atoms with Gasteiger partial charge in [0.2, 0.25) is 0 Å². The lowest BCUT2D eigenvalue weighted by Gasteiger charge is -2.23. The van der Waals surface area contributed by atoms with Crippen molar-refractivity contribution in [1.82, 2.24) is 15.3 Å². The molecule has 0 spiro atoms. The average Bonchev–Trinajstić information content (AvgIpc) is 2.55. The summed E-state index contributed by atoms with van der Waals surface area (Å²) in [6.07, 6.45) is 7.24. The van der Waals surface area contributed by atoms with E-state index >= 15 is 0 Å². The quantitative estimate of drug-likeness (QED) is 0.937. The highest BCUT2D eigenvalue weighted by Crippen LogP contribution is 2.17. The van der Waals surface area contributed by atoms with E-state index in [1.165, 1.54) is 24.8 Å². The molecule has 1 aliphatic heterocycles. The van der Waals surface area contributed by atoms with Gasteiger partial charge in [0.15, 0.2) is 11.6 Å². The number of aromatic nitrogens is 2. The van der Waals surface area contributed by atoms with Crippen LogP contribution in [0.3, 0.4) is 0 Å². The maximum Gasteiger partial charge on any atom is 0.159 e. The summed E-state index contributed by atoms with van der Waals surface area (Å²) in [6.45, 7) is 3.85. The van der Waals surface area contributed by atoms with Gasteiger partial charge in [-0.2, -0.15) is 0 Å². The molecule has 21 heavy (non-hydrogen) atoms. The molecule has 2 aromatic rings. The van der Waals surface area contributed by atoms with Crippen LogP contribution in [-0.2, 0) is 0 Å². The van der Waals surface area contributed by atoms with Crippen molar-refractivity contribution >= 4 is 0 Å². The van der Waals surface area contributed by atoms with Crippen molar-refractivity contribution in [3.05, 3.63) is 42.2 Å². The molecule has 1 N–H and O–H groups in total. The maximum absolute atomic E-state index is 5.77. The summed E-state index contributed by atoms with van der Waals surface area (Å²) < 4.78 is 5.77. The number of ether oxygens (including phenoxy) is 1. The molecule has 2 heterocycles. The molecule has 4 heteroatoms. The van der Waals surface area contributed by atoms with Gasteiger partial charge < -0.3 is 10.1 Å². The molecular formula is C17H21N3O. The second-order valence-electron chi connectivity index (χ2n) is 5.57. The highest BCUT2D eigenvalue weighted by atomic mass is 16.5. The van der Waals surface area contributed by atoms with Crippen LogP contribution in [0.2, 0.25) is 0 Å². The second-order valence-corrected chi connectivity index (χ2v) is 5.57. The Morgan fingerprint density at radius 1 is 1.14 bits per heavy atom. The molecule has 1 saturated heterocycles. The van der Waals surface area contributed by atoms with E-state index in [1.807, 2.05) is 12.1 Å². The Hall–Kier alpha value is -1.94. The van der Waals surface area contributed by atoms with Crippen molar-refractivity contribution in [2.24, 2.45) is 0 Å². The Kier molecular flexibility index (Phi) is 4.46. The topological polar surface area (TPSA) is 47.0 Å². The standard InChI is InChI=1S/C17H21N3O/c1-13-5-7-14(8-6-13)17-19-10-16(11-20-17)21-12-15-4-2-3-9-18-15/h5-8,10-11,15,18H,2-4,9,12H2,1H3. The lowest BCUT2D eigenvalue weighted by molar-refractivity contribution is 0.237. The van der Waals surface area contributed by atoms with E-state index in [2.05, 4.69) is 34.3 Å². The van der Waals surface area contributed by atoms with E-state index in [9.17, 15) is 0 Å². The molecule has 1 unspecified atom stereocenters. The lowest BCUT2D eigenvalue weighted by atomic mass is 10.1. The summed E-state index contributed by atoms with van der Waals surface area (Å²) in [4.78, 5) is 8.77. The largest absolute Gasteiger partial charge is 0.489 e. The van der Waals surface area contributed by atoms with Gasteiger partial charge in [-0.15, -0.1) is 0 Å². The predicted molar refractivity (Wildman–Crippen MR) is 83.3 cm³/mol. The Morgan fingerprint density at radius 2 is 1.90 bits per heavy atom. The van der Waals surface area contributed by atoms with Gasteiger partial charge in [0.25, 0.3) is 0 Å². The molecule has 0 saturated carbocycles. The van der Waals surface area contributed by atoms with E-state index in [-0.39, 0.29) is 0 Å². The number of benzene rings is 1. The highest BCUT2D eigenvalue weighted by molar-refractivity contribution is 5.55. The first-order valence-corrected chi connectivity index (χ1v) is 7.56. The number of nitrogens with zero attached hydrogens (tertiary/aromatic N) is 2. The van der Waals surface area contributed by atoms with Crippen LogP contribution < -0.4 is 10.1 Å². The third kappa shape index (κ3) is 3.79. The van der Waals surface area contributed by atoms with Crippen LogP contribution in [0.25, 0.3) is 11.4 Å². The fourth-order valence-electron chi connectivity index (χ4n) is 2.51. The molecule has 1 aromatic carbocycles. The third-order valence-corrected chi connectivity index (χ3v) is 3.80. The summed E-state index contributed by atoms with van der Waals surface area (Å²) >= 11 is 0. The fourth-order valence-corrected chi connectivity index (χ4v) is 2.51. The molecule has 0 radical (unpaired) electrons. The number of hydrogen-bond donors (Lipinski definition) is 1. The molecule has 0 amide bonds. The van der Waals surface area contributed by atoms with Gasteiger partial charge in [-0.05, 0) is 26.3 Å². The number of hydrogen-bond acceptors (Lipinski definition) is 4. The smallest absolute Gasteiger partial charge is 0.159 e. The van der Waals surface area contributed by atoms with Gasteiger partial charge in [0, 0.05) is 11.6 Å². The van der Waals surface area contributed by atoms with Crippen LogP contribution in [0.5, 0.6) is 5.75 Å². The summed E-state index contributed by atoms with van der Waals surface area (Å²) in [5.74, 6) is 1.47. The molecule has 110 valence electrons. The van der Waals surface area contributed by atoms with E-state index < -0.39 is 0 Å². The number of rotatable bonds is 4. The van der Waals surface area contributed by atoms with Crippen LogP contribution >= 0.6 is 0 Å². The highest BCUT2D eigenvalue weighted by Gasteiger charge is 2.13. The van der Waals surface area contributed by atoms with Crippen molar-refractivity contribution in [2.45, 2.75) is 32.2 Å². The van der Waals surface area contributed by atoms with Crippen molar-refractivity contribution < 1.29 is 4.74 Å². The van der Waals surface area contributed by atoms with Crippen LogP contribution in [-0.4, -0.2) is 29.2 Å². The molecule has 4 nitrogen and oxygen atoms in total. The zero-order valence-electron chi connectivity index (χ0n) is 12.4. The molecule has 0 aliphatic carbocycles. The number of piperidine rings is 1. The molecule has 1 fully saturated rings. The maximum atomic E-state index is 5.77. The first kappa shape index (κ1) is 14.0. The minimum atomic E-state index is 0.454. The van der Waals surface area contributed by atoms with Crippen LogP contribution in [0.15, 0.2) is 36.7 Å². The third-order valence-electron chi connectivity index (χ3n) is 3.80. The number of aryl methyl sites for hydroxylation is 1. The minimum Gasteiger partial charge on any atom is -0.489 e. The summed E-state index contributed by atoms with van der Waals surface area (Å²) in [5, 5.41) is 3.47. The summed E-state index contributed by atoms with van der Waals surface area (Å²) in [5.41, 5.74) is 2.26. The molecule has 3 rings (SSSR count). The Morgan fingerprint density at radius 3 is 2.57 bits per heavy atom. The zero-order valence-corrected chi connectivity index (χ0v) is 12.4. The van der Waals surface area contributed by atoms with Crippen LogP contribution in [0.4, 0.5) is 0 Å². The van der Waals surface area contributed by atoms with Gasteiger partial charge in [-0.3, -0.25) is 0 Å². The Balaban J connectivity index is 1.59. The van der Waals surface area contributed by atoms with Crippen molar-refractivity contribution in [3.63, 3.8) is 0 Å². The lowest BCUT2D eigenvalue weighted by Crippen LogP contribution is -2.38. The normalized spacial score (nSPS) is 18.4. The SMILES string of the molecule is Cc1ccc(-c2ncc(OCC3CCCCN3)cn2)cc1. The Labute approximate surface area is 125 Å². The van der Waals surface area contributed by atoms with E-state index in [0.717, 1.165) is 23.7 Å². The molecule has 1 atom stereocenters. The van der Waals surface area contributed by atoms with E-state index in [1.54, 1.807) is 12.4 Å². The molecule has 0 bridgehead atoms. The zero-order chi connectivity index (χ0) is 14.5. The van der Waals surface area contributed by atoms with Crippen molar-refractivity contribution in [3.8, 4) is 17.1 Å². The van der Waals surface area contributed by atoms with Crippen molar-refractivity contribution in [1.29, 1.82) is 0 Å². The van der Waals surface area contributed by atoms with Crippen LogP contribution in [0, 0.1) is 6.92 Å². The van der Waals surface area contributed by atoms with Gasteiger partial charge in [-0.1, -0.05) is 36.2 Å². The second kappa shape index (κ2) is 6.68. The summed E-state index contributed by atoms with van der Waals surface area (Å²) in [6, 6.07) is 8.67. The first-order chi connectivity index (χ1) is 10.3. The average molecular weight is 283 g/mol. The predicted octanol–water partition coefficient (Wildman–Crippen LogP) is 2.97. The first-order valence-electron chi connectivity index (χ1n) is 7.56. The molecular weight excluding hydrogens is 262 g/mol. The monoisotopic (exact) mass is 283 g/mol. The van der Waals surface area contributed by atoms with Crippen LogP contribution in [0.1, 0.15) is 24.8 Å². The molecule has 1 aromatic heterocycles. The van der Waals surface area contributed by atoms with Gasteiger partial charge in [0.05, 0.1) is 12.4 Å². The van der Waals surface area contributed by atoms with E-state index in [4.69, 9.17) is 4.74 Å². The van der Waals surface area contributed by atoms with E-state index in [0.29, 0.717) is 12.6 Å². The van der Waals surface area contributed by atoms with Gasteiger partial charge in [0.1, 0.15) is 6.61 Å². The van der Waals surface area contributed by atoms with Gasteiger partial charge >= 0.3 is 0 Å². The fraction of sp³-hybridized carbons (Fsp3) is 0.412.